The van der Waals surface area contributed by atoms with Crippen molar-refractivity contribution in [1.29, 1.82) is 0 Å². The van der Waals surface area contributed by atoms with E-state index in [1.807, 2.05) is 0 Å². The highest BCUT2D eigenvalue weighted by molar-refractivity contribution is 9.10. The molecule has 0 aliphatic heterocycles. The Labute approximate surface area is 146 Å². The van der Waals surface area contributed by atoms with Gasteiger partial charge in [0.05, 0.1) is 18.4 Å². The van der Waals surface area contributed by atoms with Crippen LogP contribution < -0.4 is 10.1 Å². The van der Waals surface area contributed by atoms with Gasteiger partial charge in [0.25, 0.3) is 5.91 Å². The largest absolute Gasteiger partial charge is 0.495 e. The zero-order valence-corrected chi connectivity index (χ0v) is 14.6. The minimum atomic E-state index is -1.11. The molecule has 2 rings (SSSR count). The fourth-order valence-corrected chi connectivity index (χ4v) is 2.25. The maximum atomic E-state index is 13.8. The van der Waals surface area contributed by atoms with E-state index in [0.29, 0.717) is 15.9 Å². The fourth-order valence-electron chi connectivity index (χ4n) is 1.91. The van der Waals surface area contributed by atoms with Gasteiger partial charge < -0.3 is 14.8 Å². The number of esters is 1. The Morgan fingerprint density at radius 1 is 1.21 bits per heavy atom. The number of carbonyl (C=O) groups excluding carboxylic acids is 2. The van der Waals surface area contributed by atoms with Crippen LogP contribution >= 0.6 is 15.9 Å². The Balaban J connectivity index is 2.04. The minimum Gasteiger partial charge on any atom is -0.495 e. The van der Waals surface area contributed by atoms with Gasteiger partial charge in [-0.1, -0.05) is 28.1 Å². The topological polar surface area (TPSA) is 64.6 Å². The SMILES string of the molecule is COc1ccccc1NC(=O)[C@@H](C)OC(=O)c1ccc(Br)cc1F. The molecule has 1 atom stereocenters. The molecule has 0 heterocycles. The molecule has 0 aliphatic carbocycles. The van der Waals surface area contributed by atoms with Crippen LogP contribution in [0.1, 0.15) is 17.3 Å². The van der Waals surface area contributed by atoms with E-state index in [1.54, 1.807) is 24.3 Å². The maximum Gasteiger partial charge on any atom is 0.341 e. The van der Waals surface area contributed by atoms with E-state index in [2.05, 4.69) is 21.2 Å². The highest BCUT2D eigenvalue weighted by Gasteiger charge is 2.22. The smallest absolute Gasteiger partial charge is 0.341 e. The molecule has 2 aromatic rings. The van der Waals surface area contributed by atoms with Crippen molar-refractivity contribution in [2.75, 3.05) is 12.4 Å². The molecule has 0 aromatic heterocycles. The van der Waals surface area contributed by atoms with Crippen molar-refractivity contribution in [3.63, 3.8) is 0 Å². The number of ether oxygens (including phenoxy) is 2. The van der Waals surface area contributed by atoms with Gasteiger partial charge in [0.2, 0.25) is 0 Å². The minimum absolute atomic E-state index is 0.241. The van der Waals surface area contributed by atoms with Gasteiger partial charge in [-0.15, -0.1) is 0 Å². The lowest BCUT2D eigenvalue weighted by atomic mass is 10.2. The number of rotatable bonds is 5. The third kappa shape index (κ3) is 4.32. The number of amides is 1. The van der Waals surface area contributed by atoms with Gasteiger partial charge in [0.1, 0.15) is 11.6 Å². The van der Waals surface area contributed by atoms with Crippen molar-refractivity contribution in [2.45, 2.75) is 13.0 Å². The lowest BCUT2D eigenvalue weighted by molar-refractivity contribution is -0.123. The molecule has 0 saturated carbocycles. The summed E-state index contributed by atoms with van der Waals surface area (Å²) in [5.74, 6) is -1.72. The Bertz CT molecular complexity index is 766. The second-order valence-electron chi connectivity index (χ2n) is 4.86. The van der Waals surface area contributed by atoms with E-state index in [-0.39, 0.29) is 5.56 Å². The number of anilines is 1. The van der Waals surface area contributed by atoms with Crippen LogP contribution in [0.5, 0.6) is 5.75 Å². The van der Waals surface area contributed by atoms with Crippen LogP contribution in [0.15, 0.2) is 46.9 Å². The first-order valence-corrected chi connectivity index (χ1v) is 7.81. The predicted octanol–water partition coefficient (Wildman–Crippen LogP) is 3.78. The molecule has 0 fully saturated rings. The second kappa shape index (κ2) is 7.92. The van der Waals surface area contributed by atoms with E-state index in [4.69, 9.17) is 9.47 Å². The van der Waals surface area contributed by atoms with Gasteiger partial charge in [0, 0.05) is 4.47 Å². The normalized spacial score (nSPS) is 11.5. The summed E-state index contributed by atoms with van der Waals surface area (Å²) in [6, 6.07) is 10.8. The molecule has 2 aromatic carbocycles. The van der Waals surface area contributed by atoms with Gasteiger partial charge in [-0.3, -0.25) is 4.79 Å². The lowest BCUT2D eigenvalue weighted by Crippen LogP contribution is -2.30. The number of methoxy groups -OCH3 is 1. The third-order valence-electron chi connectivity index (χ3n) is 3.17. The molecular formula is C17H15BrFNO4. The molecule has 1 N–H and O–H groups in total. The van der Waals surface area contributed by atoms with Gasteiger partial charge in [0.15, 0.2) is 6.10 Å². The first-order chi connectivity index (χ1) is 11.4. The highest BCUT2D eigenvalue weighted by atomic mass is 79.9. The summed E-state index contributed by atoms with van der Waals surface area (Å²) in [5.41, 5.74) is 0.206. The van der Waals surface area contributed by atoms with Crippen LogP contribution in [0.4, 0.5) is 10.1 Å². The van der Waals surface area contributed by atoms with E-state index in [9.17, 15) is 14.0 Å². The third-order valence-corrected chi connectivity index (χ3v) is 3.66. The molecule has 24 heavy (non-hydrogen) atoms. The molecule has 0 aliphatic rings. The number of para-hydroxylation sites is 2. The maximum absolute atomic E-state index is 13.8. The average Bonchev–Trinajstić information content (AvgIpc) is 2.55. The van der Waals surface area contributed by atoms with Crippen LogP contribution in [0.2, 0.25) is 0 Å². The lowest BCUT2D eigenvalue weighted by Gasteiger charge is -2.15. The number of carbonyl (C=O) groups is 2. The van der Waals surface area contributed by atoms with Crippen molar-refractivity contribution < 1.29 is 23.5 Å². The Hall–Kier alpha value is -2.41. The Morgan fingerprint density at radius 2 is 1.92 bits per heavy atom. The first kappa shape index (κ1) is 17.9. The van der Waals surface area contributed by atoms with Gasteiger partial charge in [-0.2, -0.15) is 0 Å². The van der Waals surface area contributed by atoms with Crippen LogP contribution in [0, 0.1) is 5.82 Å². The summed E-state index contributed by atoms with van der Waals surface area (Å²) < 4.78 is 24.4. The number of hydrogen-bond acceptors (Lipinski definition) is 4. The van der Waals surface area contributed by atoms with Crippen LogP contribution in [-0.2, 0) is 9.53 Å². The Kier molecular flexibility index (Phi) is 5.92. The monoisotopic (exact) mass is 395 g/mol. The van der Waals surface area contributed by atoms with E-state index >= 15 is 0 Å². The number of nitrogens with one attached hydrogen (secondary N) is 1. The molecule has 7 heteroatoms. The van der Waals surface area contributed by atoms with Crippen LogP contribution in [0.25, 0.3) is 0 Å². The Morgan fingerprint density at radius 3 is 2.58 bits per heavy atom. The molecular weight excluding hydrogens is 381 g/mol. The summed E-state index contributed by atoms with van der Waals surface area (Å²) in [7, 11) is 1.48. The van der Waals surface area contributed by atoms with Crippen LogP contribution in [-0.4, -0.2) is 25.1 Å². The summed E-state index contributed by atoms with van der Waals surface area (Å²) in [6.07, 6.45) is -1.11. The quantitative estimate of drug-likeness (QED) is 0.782. The van der Waals surface area contributed by atoms with Crippen molar-refractivity contribution >= 4 is 33.5 Å². The molecule has 1 amide bonds. The van der Waals surface area contributed by atoms with Crippen molar-refractivity contribution in [1.82, 2.24) is 0 Å². The summed E-state index contributed by atoms with van der Waals surface area (Å²) >= 11 is 3.10. The second-order valence-corrected chi connectivity index (χ2v) is 5.78. The summed E-state index contributed by atoms with van der Waals surface area (Å²) in [6.45, 7) is 1.40. The molecule has 126 valence electrons. The first-order valence-electron chi connectivity index (χ1n) is 7.02. The average molecular weight is 396 g/mol. The molecule has 0 saturated heterocycles. The van der Waals surface area contributed by atoms with Gasteiger partial charge in [-0.05, 0) is 37.3 Å². The molecule has 0 spiro atoms. The standard InChI is InChI=1S/C17H15BrFNO4/c1-10(16(21)20-14-5-3-4-6-15(14)23-2)24-17(22)12-8-7-11(18)9-13(12)19/h3-10H,1-2H3,(H,20,21)/t10-/m1/s1. The summed E-state index contributed by atoms with van der Waals surface area (Å²) in [4.78, 5) is 24.1. The zero-order chi connectivity index (χ0) is 17.7. The number of benzene rings is 2. The van der Waals surface area contributed by atoms with Gasteiger partial charge >= 0.3 is 5.97 Å². The molecule has 5 nitrogen and oxygen atoms in total. The zero-order valence-electron chi connectivity index (χ0n) is 13.0. The van der Waals surface area contributed by atoms with Crippen molar-refractivity contribution in [3.8, 4) is 5.75 Å². The van der Waals surface area contributed by atoms with E-state index in [1.165, 1.54) is 26.2 Å². The van der Waals surface area contributed by atoms with Gasteiger partial charge in [-0.25, -0.2) is 9.18 Å². The van der Waals surface area contributed by atoms with Crippen LogP contribution in [0.3, 0.4) is 0 Å². The van der Waals surface area contributed by atoms with E-state index < -0.39 is 23.8 Å². The highest BCUT2D eigenvalue weighted by Crippen LogP contribution is 2.23. The summed E-state index contributed by atoms with van der Waals surface area (Å²) in [5, 5.41) is 2.60. The predicted molar refractivity (Wildman–Crippen MR) is 90.6 cm³/mol. The number of halogens is 2. The van der Waals surface area contributed by atoms with Crippen molar-refractivity contribution in [2.24, 2.45) is 0 Å². The number of hydrogen-bond donors (Lipinski definition) is 1. The molecule has 0 radical (unpaired) electrons. The fraction of sp³-hybridized carbons (Fsp3) is 0.176. The van der Waals surface area contributed by atoms with E-state index in [0.717, 1.165) is 6.07 Å². The molecule has 0 bridgehead atoms. The van der Waals surface area contributed by atoms with Crippen molar-refractivity contribution in [3.05, 3.63) is 58.3 Å². The molecule has 0 unspecified atom stereocenters.